The highest BCUT2D eigenvalue weighted by atomic mass is 127. The summed E-state index contributed by atoms with van der Waals surface area (Å²) in [6.07, 6.45) is 5.21. The maximum Gasteiger partial charge on any atom is 0.191 e. The van der Waals surface area contributed by atoms with Gasteiger partial charge in [-0.2, -0.15) is 0 Å². The Kier molecular flexibility index (Phi) is 10.6. The zero-order valence-electron chi connectivity index (χ0n) is 16.5. The van der Waals surface area contributed by atoms with Crippen LogP contribution in [-0.2, 0) is 4.74 Å². The molecule has 2 rings (SSSR count). The lowest BCUT2D eigenvalue weighted by atomic mass is 9.75. The van der Waals surface area contributed by atoms with Gasteiger partial charge < -0.3 is 20.3 Å². The number of hydrogen-bond donors (Lipinski definition) is 2. The first-order valence-electron chi connectivity index (χ1n) is 9.48. The topological polar surface area (TPSA) is 52.1 Å². The molecule has 0 spiro atoms. The quantitative estimate of drug-likeness (QED) is 0.353. The largest absolute Gasteiger partial charge is 0.379 e. The zero-order valence-corrected chi connectivity index (χ0v) is 18.8. The molecule has 1 saturated carbocycles. The molecule has 6 nitrogen and oxygen atoms in total. The van der Waals surface area contributed by atoms with Gasteiger partial charge in [0.2, 0.25) is 0 Å². The number of likely N-dealkylation sites (N-methyl/N-ethyl adjacent to an activating group) is 1. The SMILES string of the molecule is CN=C(NCCN1CCOCC1)NCC1(N(C)C)CCCC(C)C1.I. The maximum atomic E-state index is 5.39. The van der Waals surface area contributed by atoms with E-state index in [-0.39, 0.29) is 29.5 Å². The van der Waals surface area contributed by atoms with Gasteiger partial charge >= 0.3 is 0 Å². The summed E-state index contributed by atoms with van der Waals surface area (Å²) in [6, 6.07) is 0. The molecular formula is C18H38IN5O. The summed E-state index contributed by atoms with van der Waals surface area (Å²) < 4.78 is 5.39. The number of aliphatic imine (C=N–C) groups is 1. The molecule has 25 heavy (non-hydrogen) atoms. The Morgan fingerprint density at radius 1 is 1.28 bits per heavy atom. The Hall–Kier alpha value is -0.120. The Bertz CT molecular complexity index is 401. The highest BCUT2D eigenvalue weighted by Crippen LogP contribution is 2.35. The van der Waals surface area contributed by atoms with Crippen LogP contribution in [0.5, 0.6) is 0 Å². The van der Waals surface area contributed by atoms with E-state index in [1.807, 2.05) is 7.05 Å². The fourth-order valence-electron chi connectivity index (χ4n) is 3.98. The lowest BCUT2D eigenvalue weighted by Gasteiger charge is -2.45. The van der Waals surface area contributed by atoms with Gasteiger partial charge in [-0.25, -0.2) is 0 Å². The Morgan fingerprint density at radius 2 is 2.00 bits per heavy atom. The number of hydrogen-bond acceptors (Lipinski definition) is 4. The molecule has 0 aromatic rings. The molecule has 1 aliphatic carbocycles. The summed E-state index contributed by atoms with van der Waals surface area (Å²) in [5.41, 5.74) is 0.249. The average Bonchev–Trinajstić information content (AvgIpc) is 2.58. The number of morpholine rings is 1. The molecule has 2 aliphatic rings. The first-order chi connectivity index (χ1) is 11.6. The minimum atomic E-state index is 0. The van der Waals surface area contributed by atoms with E-state index in [4.69, 9.17) is 4.74 Å². The van der Waals surface area contributed by atoms with Gasteiger partial charge in [-0.05, 0) is 32.9 Å². The average molecular weight is 467 g/mol. The second-order valence-corrected chi connectivity index (χ2v) is 7.63. The van der Waals surface area contributed by atoms with E-state index >= 15 is 0 Å². The maximum absolute atomic E-state index is 5.39. The van der Waals surface area contributed by atoms with Crippen LogP contribution >= 0.6 is 24.0 Å². The molecule has 2 fully saturated rings. The second kappa shape index (κ2) is 11.6. The normalized spacial score (nSPS) is 28.5. The molecule has 0 radical (unpaired) electrons. The van der Waals surface area contributed by atoms with Crippen molar-refractivity contribution in [3.63, 3.8) is 0 Å². The number of guanidine groups is 1. The van der Waals surface area contributed by atoms with E-state index in [9.17, 15) is 0 Å². The van der Waals surface area contributed by atoms with Crippen molar-refractivity contribution in [2.24, 2.45) is 10.9 Å². The molecular weight excluding hydrogens is 429 g/mol. The van der Waals surface area contributed by atoms with Crippen LogP contribution in [0.25, 0.3) is 0 Å². The smallest absolute Gasteiger partial charge is 0.191 e. The first-order valence-corrected chi connectivity index (χ1v) is 9.48. The van der Waals surface area contributed by atoms with Crippen molar-refractivity contribution in [2.75, 3.05) is 67.1 Å². The fourth-order valence-corrected chi connectivity index (χ4v) is 3.98. The van der Waals surface area contributed by atoms with Gasteiger partial charge in [0.05, 0.1) is 13.2 Å². The monoisotopic (exact) mass is 467 g/mol. The molecule has 0 amide bonds. The van der Waals surface area contributed by atoms with Crippen LogP contribution in [0, 0.1) is 5.92 Å². The molecule has 2 N–H and O–H groups in total. The summed E-state index contributed by atoms with van der Waals surface area (Å²) in [7, 11) is 6.29. The van der Waals surface area contributed by atoms with Crippen molar-refractivity contribution in [3.8, 4) is 0 Å². The van der Waals surface area contributed by atoms with Gasteiger partial charge in [0.15, 0.2) is 5.96 Å². The Morgan fingerprint density at radius 3 is 2.60 bits per heavy atom. The van der Waals surface area contributed by atoms with E-state index in [0.717, 1.165) is 57.8 Å². The Labute approximate surface area is 171 Å². The summed E-state index contributed by atoms with van der Waals surface area (Å²) >= 11 is 0. The van der Waals surface area contributed by atoms with Gasteiger partial charge in [0.1, 0.15) is 0 Å². The van der Waals surface area contributed by atoms with Crippen LogP contribution in [0.15, 0.2) is 4.99 Å². The number of nitrogens with one attached hydrogen (secondary N) is 2. The van der Waals surface area contributed by atoms with Gasteiger partial charge in [-0.15, -0.1) is 24.0 Å². The first kappa shape index (κ1) is 22.9. The third-order valence-electron chi connectivity index (χ3n) is 5.65. The standard InChI is InChI=1S/C18H37N5O.HI/c1-16-6-5-7-18(14-16,22(3)4)15-21-17(19-2)20-8-9-23-10-12-24-13-11-23;/h16H,5-15H2,1-4H3,(H2,19,20,21);1H. The van der Waals surface area contributed by atoms with Gasteiger partial charge in [0.25, 0.3) is 0 Å². The number of halogens is 1. The molecule has 0 aromatic carbocycles. The van der Waals surface area contributed by atoms with Gasteiger partial charge in [-0.1, -0.05) is 19.8 Å². The minimum absolute atomic E-state index is 0. The molecule has 1 heterocycles. The van der Waals surface area contributed by atoms with Crippen LogP contribution in [0.2, 0.25) is 0 Å². The summed E-state index contributed by atoms with van der Waals surface area (Å²) in [5, 5.41) is 7.04. The minimum Gasteiger partial charge on any atom is -0.379 e. The van der Waals surface area contributed by atoms with E-state index in [2.05, 4.69) is 46.4 Å². The molecule has 2 atom stereocenters. The van der Waals surface area contributed by atoms with Crippen LogP contribution in [-0.4, -0.2) is 88.4 Å². The molecule has 148 valence electrons. The molecule has 0 bridgehead atoms. The highest BCUT2D eigenvalue weighted by molar-refractivity contribution is 14.0. The van der Waals surface area contributed by atoms with E-state index in [0.29, 0.717) is 0 Å². The van der Waals surface area contributed by atoms with Gasteiger partial charge in [0, 0.05) is 45.3 Å². The Balaban J connectivity index is 0.00000312. The third kappa shape index (κ3) is 7.19. The summed E-state index contributed by atoms with van der Waals surface area (Å²) in [4.78, 5) is 9.25. The zero-order chi connectivity index (χ0) is 17.4. The summed E-state index contributed by atoms with van der Waals surface area (Å²) in [6.45, 7) is 9.09. The molecule has 0 aromatic heterocycles. The molecule has 2 unspecified atom stereocenters. The molecule has 7 heteroatoms. The molecule has 1 saturated heterocycles. The second-order valence-electron chi connectivity index (χ2n) is 7.63. The number of ether oxygens (including phenoxy) is 1. The lowest BCUT2D eigenvalue weighted by molar-refractivity contribution is 0.0389. The number of nitrogens with zero attached hydrogens (tertiary/aromatic N) is 3. The van der Waals surface area contributed by atoms with Gasteiger partial charge in [-0.3, -0.25) is 9.89 Å². The summed E-state index contributed by atoms with van der Waals surface area (Å²) in [5.74, 6) is 1.72. The van der Waals surface area contributed by atoms with Crippen LogP contribution < -0.4 is 10.6 Å². The van der Waals surface area contributed by atoms with Crippen LogP contribution in [0.1, 0.15) is 32.6 Å². The molecule has 1 aliphatic heterocycles. The van der Waals surface area contributed by atoms with Crippen molar-refractivity contribution in [1.82, 2.24) is 20.4 Å². The fraction of sp³-hybridized carbons (Fsp3) is 0.944. The van der Waals surface area contributed by atoms with E-state index in [1.165, 1.54) is 25.7 Å². The predicted octanol–water partition coefficient (Wildman–Crippen LogP) is 1.61. The van der Waals surface area contributed by atoms with E-state index in [1.54, 1.807) is 0 Å². The predicted molar refractivity (Wildman–Crippen MR) is 116 cm³/mol. The van der Waals surface area contributed by atoms with Crippen molar-refractivity contribution in [2.45, 2.75) is 38.1 Å². The van der Waals surface area contributed by atoms with Crippen molar-refractivity contribution in [3.05, 3.63) is 0 Å². The van der Waals surface area contributed by atoms with Crippen LogP contribution in [0.3, 0.4) is 0 Å². The third-order valence-corrected chi connectivity index (χ3v) is 5.65. The number of rotatable bonds is 6. The highest BCUT2D eigenvalue weighted by Gasteiger charge is 2.36. The van der Waals surface area contributed by atoms with Crippen molar-refractivity contribution >= 4 is 29.9 Å². The van der Waals surface area contributed by atoms with Crippen LogP contribution in [0.4, 0.5) is 0 Å². The lowest BCUT2D eigenvalue weighted by Crippen LogP contribution is -2.56. The van der Waals surface area contributed by atoms with E-state index < -0.39 is 0 Å². The van der Waals surface area contributed by atoms with Crippen molar-refractivity contribution < 1.29 is 4.74 Å². The van der Waals surface area contributed by atoms with Crippen molar-refractivity contribution in [1.29, 1.82) is 0 Å².